The van der Waals surface area contributed by atoms with Crippen molar-refractivity contribution in [2.45, 2.75) is 13.3 Å². The molecule has 2 heteroatoms. The molecule has 0 saturated heterocycles. The first-order valence-corrected chi connectivity index (χ1v) is 4.05. The first-order chi connectivity index (χ1) is 5.93. The molecule has 0 saturated carbocycles. The van der Waals surface area contributed by atoms with Gasteiger partial charge in [0.2, 0.25) is 0 Å². The Kier molecular flexibility index (Phi) is 3.92. The highest BCUT2D eigenvalue weighted by molar-refractivity contribution is 5.78. The smallest absolute Gasteiger partial charge is 0.116 e. The third kappa shape index (κ3) is 3.19. The van der Waals surface area contributed by atoms with E-state index in [1.54, 1.807) is 6.21 Å². The van der Waals surface area contributed by atoms with Crippen molar-refractivity contribution in [3.63, 3.8) is 0 Å². The molecule has 0 unspecified atom stereocenters. The van der Waals surface area contributed by atoms with Crippen molar-refractivity contribution in [2.75, 3.05) is 6.61 Å². The maximum Gasteiger partial charge on any atom is 0.116 e. The largest absolute Gasteiger partial charge is 0.396 e. The summed E-state index contributed by atoms with van der Waals surface area (Å²) in [6.07, 6.45) is 2.64. The van der Waals surface area contributed by atoms with Gasteiger partial charge in [-0.15, -0.1) is 0 Å². The Morgan fingerprint density at radius 2 is 2.50 bits per heavy atom. The van der Waals surface area contributed by atoms with Crippen LogP contribution in [0.5, 0.6) is 0 Å². The normalized spacial score (nSPS) is 10.4. The van der Waals surface area contributed by atoms with E-state index in [2.05, 4.69) is 11.2 Å². The van der Waals surface area contributed by atoms with Gasteiger partial charge < -0.3 is 4.84 Å². The summed E-state index contributed by atoms with van der Waals surface area (Å²) in [5.41, 5.74) is 0.939. The van der Waals surface area contributed by atoms with Gasteiger partial charge in [-0.1, -0.05) is 36.3 Å². The fourth-order valence-electron chi connectivity index (χ4n) is 0.726. The molecule has 0 aromatic heterocycles. The molecule has 0 aliphatic rings. The van der Waals surface area contributed by atoms with Gasteiger partial charge in [0.15, 0.2) is 0 Å². The molecule has 1 radical (unpaired) electrons. The van der Waals surface area contributed by atoms with Gasteiger partial charge in [-0.05, 0) is 12.5 Å². The average Bonchev–Trinajstić information content (AvgIpc) is 2.14. The molecule has 0 N–H and O–H groups in total. The van der Waals surface area contributed by atoms with Crippen molar-refractivity contribution in [2.24, 2.45) is 5.16 Å². The first kappa shape index (κ1) is 8.78. The zero-order valence-corrected chi connectivity index (χ0v) is 7.16. The van der Waals surface area contributed by atoms with Crippen LogP contribution in [0.15, 0.2) is 29.4 Å². The molecule has 0 heterocycles. The number of hydrogen-bond acceptors (Lipinski definition) is 2. The van der Waals surface area contributed by atoms with Gasteiger partial charge >= 0.3 is 0 Å². The fourth-order valence-corrected chi connectivity index (χ4v) is 0.726. The molecule has 0 amide bonds. The van der Waals surface area contributed by atoms with Crippen LogP contribution in [-0.2, 0) is 4.84 Å². The van der Waals surface area contributed by atoms with Crippen molar-refractivity contribution in [3.05, 3.63) is 35.9 Å². The van der Waals surface area contributed by atoms with E-state index in [-0.39, 0.29) is 0 Å². The third-order valence-corrected chi connectivity index (χ3v) is 1.29. The minimum Gasteiger partial charge on any atom is -0.396 e. The van der Waals surface area contributed by atoms with Crippen LogP contribution in [0.3, 0.4) is 0 Å². The zero-order chi connectivity index (χ0) is 8.65. The van der Waals surface area contributed by atoms with Crippen LogP contribution in [0.25, 0.3) is 0 Å². The van der Waals surface area contributed by atoms with Crippen LogP contribution in [0, 0.1) is 6.07 Å². The average molecular weight is 162 g/mol. The standard InChI is InChI=1S/C10H12NO/c1-2-8-12-11-9-10-6-4-3-5-7-10/h3-6,9H,2,8H2,1H3. The van der Waals surface area contributed by atoms with Crippen LogP contribution >= 0.6 is 0 Å². The Hall–Kier alpha value is -1.31. The number of benzene rings is 1. The number of hydrogen-bond donors (Lipinski definition) is 0. The molecule has 0 spiro atoms. The van der Waals surface area contributed by atoms with Crippen LogP contribution in [0.4, 0.5) is 0 Å². The molecule has 2 nitrogen and oxygen atoms in total. The summed E-state index contributed by atoms with van der Waals surface area (Å²) in [7, 11) is 0. The van der Waals surface area contributed by atoms with Gasteiger partial charge in [0.05, 0.1) is 6.21 Å². The third-order valence-electron chi connectivity index (χ3n) is 1.29. The van der Waals surface area contributed by atoms with Gasteiger partial charge in [-0.3, -0.25) is 0 Å². The summed E-state index contributed by atoms with van der Waals surface area (Å²) in [6.45, 7) is 2.72. The number of rotatable bonds is 4. The number of nitrogens with zero attached hydrogens (tertiary/aromatic N) is 1. The summed E-state index contributed by atoms with van der Waals surface area (Å²) in [6, 6.07) is 10.7. The van der Waals surface area contributed by atoms with Crippen molar-refractivity contribution in [3.8, 4) is 0 Å². The quantitative estimate of drug-likeness (QED) is 0.378. The van der Waals surface area contributed by atoms with E-state index in [1.165, 1.54) is 0 Å². The van der Waals surface area contributed by atoms with E-state index in [0.717, 1.165) is 12.0 Å². The second-order valence-corrected chi connectivity index (χ2v) is 2.39. The second kappa shape index (κ2) is 5.35. The van der Waals surface area contributed by atoms with Crippen LogP contribution in [0.2, 0.25) is 0 Å². The topological polar surface area (TPSA) is 21.6 Å². The predicted octanol–water partition coefficient (Wildman–Crippen LogP) is 2.25. The minimum absolute atomic E-state index is 0.670. The highest BCUT2D eigenvalue weighted by Crippen LogP contribution is 1.93. The van der Waals surface area contributed by atoms with Gasteiger partial charge in [0.1, 0.15) is 6.61 Å². The lowest BCUT2D eigenvalue weighted by Crippen LogP contribution is -1.86. The Labute approximate surface area is 72.9 Å². The van der Waals surface area contributed by atoms with E-state index in [0.29, 0.717) is 6.61 Å². The Balaban J connectivity index is 2.36. The van der Waals surface area contributed by atoms with Crippen LogP contribution < -0.4 is 0 Å². The van der Waals surface area contributed by atoms with E-state index >= 15 is 0 Å². The van der Waals surface area contributed by atoms with Crippen LogP contribution in [-0.4, -0.2) is 12.8 Å². The maximum absolute atomic E-state index is 4.94. The minimum atomic E-state index is 0.670. The molecule has 1 aromatic rings. The van der Waals surface area contributed by atoms with E-state index in [4.69, 9.17) is 4.84 Å². The molecule has 12 heavy (non-hydrogen) atoms. The van der Waals surface area contributed by atoms with Crippen molar-refractivity contribution < 1.29 is 4.84 Å². The first-order valence-electron chi connectivity index (χ1n) is 4.05. The number of oxime groups is 1. The Morgan fingerprint density at radius 3 is 3.17 bits per heavy atom. The summed E-state index contributed by atoms with van der Waals surface area (Å²) in [5.74, 6) is 0. The molecule has 1 aromatic carbocycles. The summed E-state index contributed by atoms with van der Waals surface area (Å²) < 4.78 is 0. The summed E-state index contributed by atoms with van der Waals surface area (Å²) >= 11 is 0. The summed E-state index contributed by atoms with van der Waals surface area (Å²) in [4.78, 5) is 4.94. The lowest BCUT2D eigenvalue weighted by atomic mass is 10.2. The van der Waals surface area contributed by atoms with Crippen molar-refractivity contribution >= 4 is 6.21 Å². The monoisotopic (exact) mass is 162 g/mol. The van der Waals surface area contributed by atoms with Gasteiger partial charge in [0.25, 0.3) is 0 Å². The Morgan fingerprint density at radius 1 is 1.58 bits per heavy atom. The van der Waals surface area contributed by atoms with Gasteiger partial charge in [-0.2, -0.15) is 0 Å². The van der Waals surface area contributed by atoms with E-state index in [9.17, 15) is 0 Å². The molecule has 0 aliphatic heterocycles. The van der Waals surface area contributed by atoms with Crippen molar-refractivity contribution in [1.82, 2.24) is 0 Å². The molecule has 0 aliphatic carbocycles. The lowest BCUT2D eigenvalue weighted by molar-refractivity contribution is 0.146. The predicted molar refractivity (Wildman–Crippen MR) is 49.1 cm³/mol. The lowest BCUT2D eigenvalue weighted by Gasteiger charge is -1.93. The molecular weight excluding hydrogens is 150 g/mol. The fraction of sp³-hybridized carbons (Fsp3) is 0.300. The van der Waals surface area contributed by atoms with E-state index in [1.807, 2.05) is 31.2 Å². The van der Waals surface area contributed by atoms with Gasteiger partial charge in [0, 0.05) is 5.56 Å². The van der Waals surface area contributed by atoms with Gasteiger partial charge in [-0.25, -0.2) is 0 Å². The zero-order valence-electron chi connectivity index (χ0n) is 7.16. The molecular formula is C10H12NO. The molecule has 63 valence electrons. The van der Waals surface area contributed by atoms with E-state index < -0.39 is 0 Å². The molecule has 0 fully saturated rings. The molecule has 0 bridgehead atoms. The highest BCUT2D eigenvalue weighted by atomic mass is 16.6. The molecule has 0 atom stereocenters. The SMILES string of the molecule is CCCON=Cc1[c]cccc1. The Bertz CT molecular complexity index is 231. The molecule has 1 rings (SSSR count). The second-order valence-electron chi connectivity index (χ2n) is 2.39. The maximum atomic E-state index is 4.94. The summed E-state index contributed by atoms with van der Waals surface area (Å²) in [5, 5.41) is 3.78. The highest BCUT2D eigenvalue weighted by Gasteiger charge is 1.83. The van der Waals surface area contributed by atoms with Crippen molar-refractivity contribution in [1.29, 1.82) is 0 Å². The van der Waals surface area contributed by atoms with Crippen LogP contribution in [0.1, 0.15) is 18.9 Å².